The fourth-order valence-electron chi connectivity index (χ4n) is 2.17. The first-order valence-corrected chi connectivity index (χ1v) is 6.68. The zero-order valence-electron chi connectivity index (χ0n) is 11.5. The van der Waals surface area contributed by atoms with E-state index in [1.165, 1.54) is 25.5 Å². The Morgan fingerprint density at radius 1 is 1.60 bits per heavy atom. The number of hydrogen-bond acceptors (Lipinski definition) is 4. The van der Waals surface area contributed by atoms with Gasteiger partial charge in [-0.3, -0.25) is 0 Å². The molecule has 1 aliphatic rings. The summed E-state index contributed by atoms with van der Waals surface area (Å²) >= 11 is 0. The summed E-state index contributed by atoms with van der Waals surface area (Å²) < 4.78 is 4.83. The molecule has 6 heteroatoms. The number of carbonyl (C=O) groups is 1. The van der Waals surface area contributed by atoms with Crippen LogP contribution in [0.1, 0.15) is 35.9 Å². The van der Waals surface area contributed by atoms with Crippen molar-refractivity contribution >= 4 is 5.97 Å². The Bertz CT molecular complexity index is 522. The molecule has 0 heterocycles. The van der Waals surface area contributed by atoms with E-state index in [1.807, 2.05) is 12.1 Å². The van der Waals surface area contributed by atoms with Gasteiger partial charge >= 0.3 is 5.97 Å². The lowest BCUT2D eigenvalue weighted by Gasteiger charge is -2.17. The minimum Gasteiger partial charge on any atom is -0.468 e. The average molecular weight is 274 g/mol. The van der Waals surface area contributed by atoms with Gasteiger partial charge in [0.2, 0.25) is 0 Å². The van der Waals surface area contributed by atoms with Crippen molar-refractivity contribution in [2.45, 2.75) is 24.8 Å². The molecule has 1 aliphatic carbocycles. The molecule has 2 rings (SSSR count). The predicted octanol–water partition coefficient (Wildman–Crippen LogP) is 2.68. The van der Waals surface area contributed by atoms with Crippen molar-refractivity contribution in [2.75, 3.05) is 20.2 Å². The molecule has 1 aromatic carbocycles. The van der Waals surface area contributed by atoms with E-state index in [0.717, 1.165) is 5.56 Å². The third-order valence-corrected chi connectivity index (χ3v) is 3.35. The summed E-state index contributed by atoms with van der Waals surface area (Å²) in [4.78, 5) is 14.6. The lowest BCUT2D eigenvalue weighted by atomic mass is 10.0. The Hall–Kier alpha value is -2.04. The smallest absolute Gasteiger partial charge is 0.327 e. The number of benzene rings is 1. The van der Waals surface area contributed by atoms with E-state index in [9.17, 15) is 4.79 Å². The van der Waals surface area contributed by atoms with Gasteiger partial charge in [-0.1, -0.05) is 29.4 Å². The van der Waals surface area contributed by atoms with E-state index in [1.54, 1.807) is 0 Å². The van der Waals surface area contributed by atoms with Crippen molar-refractivity contribution in [2.24, 2.45) is 5.11 Å². The van der Waals surface area contributed by atoms with Gasteiger partial charge in [0.25, 0.3) is 0 Å². The predicted molar refractivity (Wildman–Crippen MR) is 75.2 cm³/mol. The van der Waals surface area contributed by atoms with Crippen LogP contribution in [0.3, 0.4) is 0 Å². The first kappa shape index (κ1) is 14.4. The summed E-state index contributed by atoms with van der Waals surface area (Å²) in [5.74, 6) is 0.301. The van der Waals surface area contributed by atoms with Crippen molar-refractivity contribution in [1.29, 1.82) is 0 Å². The number of ether oxygens (including phenoxy) is 1. The molecule has 0 bridgehead atoms. The number of azide groups is 1. The lowest BCUT2D eigenvalue weighted by Crippen LogP contribution is -2.31. The van der Waals surface area contributed by atoms with Crippen LogP contribution in [0.2, 0.25) is 0 Å². The summed E-state index contributed by atoms with van der Waals surface area (Å²) in [6.07, 6.45) is 2.44. The molecule has 0 radical (unpaired) electrons. The Morgan fingerprint density at radius 3 is 3.05 bits per heavy atom. The molecule has 1 saturated carbocycles. The van der Waals surface area contributed by atoms with Gasteiger partial charge in [0.1, 0.15) is 6.04 Å². The lowest BCUT2D eigenvalue weighted by molar-refractivity contribution is -0.143. The molecule has 0 saturated heterocycles. The molecule has 0 spiro atoms. The number of hydrogen-bond donors (Lipinski definition) is 1. The quantitative estimate of drug-likeness (QED) is 0.272. The highest BCUT2D eigenvalue weighted by Crippen LogP contribution is 2.40. The molecule has 0 amide bonds. The third kappa shape index (κ3) is 3.73. The highest BCUT2D eigenvalue weighted by Gasteiger charge is 2.26. The Morgan fingerprint density at radius 2 is 2.40 bits per heavy atom. The van der Waals surface area contributed by atoms with Crippen LogP contribution in [0, 0.1) is 0 Å². The SMILES string of the molecule is COC(=O)C(NCCN=[N+]=[N-])c1cccc(C2CC2)c1. The second-order valence-electron chi connectivity index (χ2n) is 4.81. The van der Waals surface area contributed by atoms with Gasteiger partial charge in [-0.25, -0.2) is 4.79 Å². The summed E-state index contributed by atoms with van der Waals surface area (Å²) in [5, 5.41) is 6.51. The summed E-state index contributed by atoms with van der Waals surface area (Å²) in [7, 11) is 1.37. The average Bonchev–Trinajstić information content (AvgIpc) is 3.31. The minimum absolute atomic E-state index is 0.298. The molecule has 6 nitrogen and oxygen atoms in total. The van der Waals surface area contributed by atoms with Crippen LogP contribution in [0.15, 0.2) is 29.4 Å². The maximum Gasteiger partial charge on any atom is 0.327 e. The van der Waals surface area contributed by atoms with E-state index < -0.39 is 6.04 Å². The molecule has 1 unspecified atom stereocenters. The van der Waals surface area contributed by atoms with Gasteiger partial charge in [-0.2, -0.15) is 0 Å². The first-order chi connectivity index (χ1) is 9.76. The summed E-state index contributed by atoms with van der Waals surface area (Å²) in [6.45, 7) is 0.726. The monoisotopic (exact) mass is 274 g/mol. The van der Waals surface area contributed by atoms with E-state index >= 15 is 0 Å². The summed E-state index contributed by atoms with van der Waals surface area (Å²) in [6, 6.07) is 7.50. The molecule has 106 valence electrons. The van der Waals surface area contributed by atoms with Crippen LogP contribution in [0.4, 0.5) is 0 Å². The van der Waals surface area contributed by atoms with Crippen molar-refractivity contribution in [3.63, 3.8) is 0 Å². The normalized spacial score (nSPS) is 15.2. The fourth-order valence-corrected chi connectivity index (χ4v) is 2.17. The molecule has 20 heavy (non-hydrogen) atoms. The second kappa shape index (κ2) is 6.93. The maximum absolute atomic E-state index is 11.9. The van der Waals surface area contributed by atoms with Crippen LogP contribution >= 0.6 is 0 Å². The van der Waals surface area contributed by atoms with Crippen LogP contribution in [-0.4, -0.2) is 26.2 Å². The minimum atomic E-state index is -0.521. The highest BCUT2D eigenvalue weighted by molar-refractivity contribution is 5.77. The van der Waals surface area contributed by atoms with Gasteiger partial charge in [-0.05, 0) is 35.4 Å². The van der Waals surface area contributed by atoms with Crippen molar-refractivity contribution in [1.82, 2.24) is 5.32 Å². The molecule has 0 aromatic heterocycles. The number of carbonyl (C=O) groups excluding carboxylic acids is 1. The van der Waals surface area contributed by atoms with Gasteiger partial charge in [0.15, 0.2) is 0 Å². The zero-order chi connectivity index (χ0) is 14.4. The van der Waals surface area contributed by atoms with Crippen LogP contribution in [0.25, 0.3) is 10.4 Å². The van der Waals surface area contributed by atoms with Gasteiger partial charge < -0.3 is 10.1 Å². The zero-order valence-corrected chi connectivity index (χ0v) is 11.5. The Labute approximate surface area is 117 Å². The van der Waals surface area contributed by atoms with Gasteiger partial charge in [0.05, 0.1) is 7.11 Å². The Kier molecular flexibility index (Phi) is 4.98. The Balaban J connectivity index is 2.10. The number of rotatable bonds is 7. The second-order valence-corrected chi connectivity index (χ2v) is 4.81. The molecular formula is C14H18N4O2. The van der Waals surface area contributed by atoms with Gasteiger partial charge in [-0.15, -0.1) is 0 Å². The largest absolute Gasteiger partial charge is 0.468 e. The summed E-state index contributed by atoms with van der Waals surface area (Å²) in [5.41, 5.74) is 10.4. The van der Waals surface area contributed by atoms with Crippen molar-refractivity contribution in [3.8, 4) is 0 Å². The van der Waals surface area contributed by atoms with Crippen molar-refractivity contribution in [3.05, 3.63) is 45.8 Å². The number of nitrogens with one attached hydrogen (secondary N) is 1. The first-order valence-electron chi connectivity index (χ1n) is 6.68. The highest BCUT2D eigenvalue weighted by atomic mass is 16.5. The van der Waals surface area contributed by atoms with Crippen LogP contribution in [0.5, 0.6) is 0 Å². The third-order valence-electron chi connectivity index (χ3n) is 3.35. The molecule has 1 atom stereocenters. The van der Waals surface area contributed by atoms with Crippen molar-refractivity contribution < 1.29 is 9.53 Å². The molecular weight excluding hydrogens is 256 g/mol. The molecule has 1 fully saturated rings. The van der Waals surface area contributed by atoms with E-state index in [-0.39, 0.29) is 5.97 Å². The topological polar surface area (TPSA) is 87.1 Å². The van der Waals surface area contributed by atoms with E-state index in [4.69, 9.17) is 10.3 Å². The number of methoxy groups -OCH3 is 1. The maximum atomic E-state index is 11.9. The molecule has 0 aliphatic heterocycles. The van der Waals surface area contributed by atoms with Gasteiger partial charge in [0, 0.05) is 18.0 Å². The standard InChI is InChI=1S/C14H18N4O2/c1-20-14(19)13(16-7-8-17-18-15)12-4-2-3-11(9-12)10-5-6-10/h2-4,9-10,13,16H,5-8H2,1H3. The molecule has 1 N–H and O–H groups in total. The van der Waals surface area contributed by atoms with Crippen LogP contribution < -0.4 is 5.32 Å². The van der Waals surface area contributed by atoms with E-state index in [2.05, 4.69) is 27.5 Å². The van der Waals surface area contributed by atoms with E-state index in [0.29, 0.717) is 19.0 Å². The fraction of sp³-hybridized carbons (Fsp3) is 0.500. The molecule has 1 aromatic rings. The number of nitrogens with zero attached hydrogens (tertiary/aromatic N) is 3. The number of esters is 1. The van der Waals surface area contributed by atoms with Crippen LogP contribution in [-0.2, 0) is 9.53 Å².